The van der Waals surface area contributed by atoms with Gasteiger partial charge >= 0.3 is 6.09 Å². The Hall–Kier alpha value is -2.36. The summed E-state index contributed by atoms with van der Waals surface area (Å²) in [6.45, 7) is 7.67. The summed E-state index contributed by atoms with van der Waals surface area (Å²) in [5, 5.41) is 1.40. The number of nitrogens with zero attached hydrogens (tertiary/aromatic N) is 4. The molecule has 2 atom stereocenters. The van der Waals surface area contributed by atoms with Crippen LogP contribution < -0.4 is 4.90 Å². The number of rotatable bonds is 4. The number of fused-ring (bicyclic) bond motifs is 1. The van der Waals surface area contributed by atoms with Crippen LogP contribution >= 0.6 is 11.6 Å². The smallest absolute Gasteiger partial charge is 0.381 e. The molecule has 194 valence electrons. The summed E-state index contributed by atoms with van der Waals surface area (Å²) in [4.78, 5) is 47.8. The topological polar surface area (TPSA) is 82.6 Å². The van der Waals surface area contributed by atoms with E-state index < -0.39 is 17.9 Å². The lowest BCUT2D eigenvalue weighted by atomic mass is 9.80. The van der Waals surface area contributed by atoms with Crippen LogP contribution in [-0.2, 0) is 25.7 Å². The number of likely N-dealkylation sites (tertiary alicyclic amines) is 2. The van der Waals surface area contributed by atoms with Crippen molar-refractivity contribution in [1.29, 1.82) is 0 Å². The maximum Gasteiger partial charge on any atom is 0.434 e. The largest absolute Gasteiger partial charge is 0.434 e. The van der Waals surface area contributed by atoms with Crippen molar-refractivity contribution in [3.8, 4) is 0 Å². The molecule has 10 heteroatoms. The van der Waals surface area contributed by atoms with Crippen molar-refractivity contribution in [3.05, 3.63) is 28.8 Å². The number of imide groups is 1. The Morgan fingerprint density at radius 1 is 1.03 bits per heavy atom. The lowest BCUT2D eigenvalue weighted by molar-refractivity contribution is -0.173. The zero-order chi connectivity index (χ0) is 24.9. The molecule has 0 radical (unpaired) electrons. The van der Waals surface area contributed by atoms with Crippen LogP contribution in [0.4, 0.5) is 10.5 Å². The first kappa shape index (κ1) is 24.0. The molecular weight excluding hydrogens is 484 g/mol. The van der Waals surface area contributed by atoms with Gasteiger partial charge in [-0.05, 0) is 54.2 Å². The van der Waals surface area contributed by atoms with Crippen LogP contribution in [-0.4, -0.2) is 85.3 Å². The van der Waals surface area contributed by atoms with E-state index in [0.717, 1.165) is 63.8 Å². The van der Waals surface area contributed by atoms with E-state index in [-0.39, 0.29) is 12.8 Å². The highest BCUT2D eigenvalue weighted by atomic mass is 35.5. The fourth-order valence-electron chi connectivity index (χ4n) is 6.72. The quantitative estimate of drug-likeness (QED) is 0.569. The fourth-order valence-corrected chi connectivity index (χ4v) is 6.89. The van der Waals surface area contributed by atoms with E-state index in [1.807, 2.05) is 6.07 Å². The SMILES string of the molecule is O=C(ON1C(=O)CCC1=O)N1CC2CN(Cc3ccc(Cl)cc3N3CCC4(CCOCC4)C3)CC2C1. The second kappa shape index (κ2) is 9.50. The molecule has 5 heterocycles. The summed E-state index contributed by atoms with van der Waals surface area (Å²) in [7, 11) is 0. The number of carbonyl (C=O) groups is 3. The summed E-state index contributed by atoms with van der Waals surface area (Å²) in [6.07, 6.45) is 3.08. The minimum absolute atomic E-state index is 0.103. The second-order valence-electron chi connectivity index (χ2n) is 11.1. The van der Waals surface area contributed by atoms with E-state index in [0.29, 0.717) is 35.4 Å². The van der Waals surface area contributed by atoms with Gasteiger partial charge in [0, 0.05) is 82.6 Å². The molecule has 1 aromatic carbocycles. The number of benzene rings is 1. The zero-order valence-electron chi connectivity index (χ0n) is 20.5. The van der Waals surface area contributed by atoms with Gasteiger partial charge in [-0.25, -0.2) is 4.79 Å². The molecule has 0 bridgehead atoms. The number of hydrogen-bond donors (Lipinski definition) is 0. The summed E-state index contributed by atoms with van der Waals surface area (Å²) >= 11 is 6.44. The van der Waals surface area contributed by atoms with E-state index in [9.17, 15) is 14.4 Å². The van der Waals surface area contributed by atoms with E-state index in [2.05, 4.69) is 21.9 Å². The lowest BCUT2D eigenvalue weighted by Gasteiger charge is -2.34. The molecule has 5 saturated heterocycles. The average molecular weight is 517 g/mol. The minimum Gasteiger partial charge on any atom is -0.381 e. The third-order valence-corrected chi connectivity index (χ3v) is 9.00. The number of amides is 3. The van der Waals surface area contributed by atoms with Crippen LogP contribution in [0.3, 0.4) is 0 Å². The molecule has 1 aromatic rings. The van der Waals surface area contributed by atoms with Gasteiger partial charge in [-0.15, -0.1) is 5.06 Å². The lowest BCUT2D eigenvalue weighted by Crippen LogP contribution is -2.40. The predicted octanol–water partition coefficient (Wildman–Crippen LogP) is 2.91. The molecule has 36 heavy (non-hydrogen) atoms. The van der Waals surface area contributed by atoms with Crippen LogP contribution in [0.2, 0.25) is 5.02 Å². The highest BCUT2D eigenvalue weighted by Crippen LogP contribution is 2.43. The summed E-state index contributed by atoms with van der Waals surface area (Å²) in [5.74, 6) is -0.178. The Morgan fingerprint density at radius 2 is 1.72 bits per heavy atom. The predicted molar refractivity (Wildman–Crippen MR) is 132 cm³/mol. The van der Waals surface area contributed by atoms with Gasteiger partial charge in [0.15, 0.2) is 0 Å². The molecule has 2 unspecified atom stereocenters. The molecule has 0 saturated carbocycles. The third-order valence-electron chi connectivity index (χ3n) is 8.77. The van der Waals surface area contributed by atoms with Gasteiger partial charge in [0.05, 0.1) is 0 Å². The van der Waals surface area contributed by atoms with Crippen molar-refractivity contribution >= 4 is 35.2 Å². The van der Waals surface area contributed by atoms with Gasteiger partial charge in [0.1, 0.15) is 0 Å². The van der Waals surface area contributed by atoms with Crippen LogP contribution in [0.1, 0.15) is 37.7 Å². The van der Waals surface area contributed by atoms with Crippen molar-refractivity contribution in [2.45, 2.75) is 38.6 Å². The van der Waals surface area contributed by atoms with Gasteiger partial charge in [-0.1, -0.05) is 17.7 Å². The van der Waals surface area contributed by atoms with Crippen molar-refractivity contribution in [1.82, 2.24) is 14.9 Å². The van der Waals surface area contributed by atoms with Crippen molar-refractivity contribution in [2.75, 3.05) is 57.4 Å². The van der Waals surface area contributed by atoms with Crippen LogP contribution in [0, 0.1) is 17.3 Å². The molecule has 5 aliphatic rings. The molecule has 0 aromatic heterocycles. The number of hydrogen-bond acceptors (Lipinski definition) is 7. The van der Waals surface area contributed by atoms with Gasteiger partial charge in [0.2, 0.25) is 0 Å². The first-order valence-electron chi connectivity index (χ1n) is 13.1. The summed E-state index contributed by atoms with van der Waals surface area (Å²) < 4.78 is 5.62. The van der Waals surface area contributed by atoms with Crippen molar-refractivity contribution in [3.63, 3.8) is 0 Å². The molecule has 3 amide bonds. The number of carbonyl (C=O) groups excluding carboxylic acids is 3. The molecule has 9 nitrogen and oxygen atoms in total. The maximum absolute atomic E-state index is 12.6. The van der Waals surface area contributed by atoms with Gasteiger partial charge in [0.25, 0.3) is 11.8 Å². The Labute approximate surface area is 216 Å². The Morgan fingerprint density at radius 3 is 2.42 bits per heavy atom. The first-order valence-corrected chi connectivity index (χ1v) is 13.4. The van der Waals surface area contributed by atoms with Crippen molar-refractivity contribution in [2.24, 2.45) is 17.3 Å². The highest BCUT2D eigenvalue weighted by Gasteiger charge is 2.44. The Balaban J connectivity index is 1.07. The third kappa shape index (κ3) is 4.57. The fraction of sp³-hybridized carbons (Fsp3) is 0.654. The number of ether oxygens (including phenoxy) is 1. The monoisotopic (exact) mass is 516 g/mol. The standard InChI is InChI=1S/C26H33ClN4O5/c27-21-2-1-18(22(11-21)29-8-5-26(17-29)6-9-35-10-7-26)12-28-13-19-15-30(16-20(19)14-28)25(34)36-31-23(32)3-4-24(31)33/h1-2,11,19-20H,3-10,12-17H2. The number of halogens is 1. The van der Waals surface area contributed by atoms with Gasteiger partial charge in [-0.3, -0.25) is 14.5 Å². The van der Waals surface area contributed by atoms with E-state index in [4.69, 9.17) is 21.2 Å². The molecule has 6 rings (SSSR count). The molecule has 5 fully saturated rings. The molecular formula is C26H33ClN4O5. The molecule has 0 aliphatic carbocycles. The molecule has 5 aliphatic heterocycles. The van der Waals surface area contributed by atoms with Gasteiger partial charge in [-0.2, -0.15) is 0 Å². The van der Waals surface area contributed by atoms with Crippen LogP contribution in [0.5, 0.6) is 0 Å². The van der Waals surface area contributed by atoms with E-state index in [1.165, 1.54) is 17.7 Å². The van der Waals surface area contributed by atoms with E-state index >= 15 is 0 Å². The highest BCUT2D eigenvalue weighted by molar-refractivity contribution is 6.30. The van der Waals surface area contributed by atoms with Gasteiger partial charge < -0.3 is 19.4 Å². The normalized spacial score (nSPS) is 28.0. The second-order valence-corrected chi connectivity index (χ2v) is 11.6. The van der Waals surface area contributed by atoms with Crippen LogP contribution in [0.25, 0.3) is 0 Å². The van der Waals surface area contributed by atoms with Crippen molar-refractivity contribution < 1.29 is 24.0 Å². The molecule has 0 N–H and O–H groups in total. The summed E-state index contributed by atoms with van der Waals surface area (Å²) in [6, 6.07) is 6.26. The first-order chi connectivity index (χ1) is 17.4. The minimum atomic E-state index is -0.601. The number of hydroxylamine groups is 2. The maximum atomic E-state index is 12.6. The number of anilines is 1. The average Bonchev–Trinajstić information content (AvgIpc) is 3.61. The zero-order valence-corrected chi connectivity index (χ0v) is 21.3. The molecule has 1 spiro atoms. The van der Waals surface area contributed by atoms with E-state index in [1.54, 1.807) is 4.90 Å². The van der Waals surface area contributed by atoms with Crippen LogP contribution in [0.15, 0.2) is 18.2 Å². The Kier molecular flexibility index (Phi) is 6.34. The summed E-state index contributed by atoms with van der Waals surface area (Å²) in [5.41, 5.74) is 2.91. The Bertz CT molecular complexity index is 1030.